The Morgan fingerprint density at radius 3 is 2.44 bits per heavy atom. The van der Waals surface area contributed by atoms with Gasteiger partial charge in [0, 0.05) is 14.8 Å². The fourth-order valence-corrected chi connectivity index (χ4v) is 2.21. The van der Waals surface area contributed by atoms with Crippen LogP contribution in [0, 0.1) is 16.3 Å². The minimum absolute atomic E-state index is 0.237. The van der Waals surface area contributed by atoms with E-state index in [1.54, 1.807) is 0 Å². The molecule has 0 fully saturated rings. The summed E-state index contributed by atoms with van der Waals surface area (Å²) >= 11 is 2.22. The molecule has 0 aliphatic rings. The van der Waals surface area contributed by atoms with Gasteiger partial charge in [0.25, 0.3) is 5.91 Å². The Hall–Kier alpha value is -1.43. The van der Waals surface area contributed by atoms with Gasteiger partial charge in [0.1, 0.15) is 5.82 Å². The summed E-state index contributed by atoms with van der Waals surface area (Å²) in [6, 6.07) is 11.2. The SMILES string of the molecule is Cc1cc(I)ccc1NC(=O)c1ccc(F)cc1. The second-order valence-electron chi connectivity index (χ2n) is 3.92. The van der Waals surface area contributed by atoms with Gasteiger partial charge in [0.15, 0.2) is 0 Å². The average molecular weight is 355 g/mol. The zero-order valence-corrected chi connectivity index (χ0v) is 11.9. The van der Waals surface area contributed by atoms with E-state index in [9.17, 15) is 9.18 Å². The Morgan fingerprint density at radius 2 is 1.83 bits per heavy atom. The minimum Gasteiger partial charge on any atom is -0.322 e. The van der Waals surface area contributed by atoms with Crippen LogP contribution in [0.4, 0.5) is 10.1 Å². The van der Waals surface area contributed by atoms with Crippen LogP contribution in [0.15, 0.2) is 42.5 Å². The van der Waals surface area contributed by atoms with Crippen molar-refractivity contribution >= 4 is 34.2 Å². The molecule has 0 aliphatic heterocycles. The first-order valence-corrected chi connectivity index (χ1v) is 6.47. The van der Waals surface area contributed by atoms with Gasteiger partial charge in [0.2, 0.25) is 0 Å². The van der Waals surface area contributed by atoms with Gasteiger partial charge in [-0.2, -0.15) is 0 Å². The topological polar surface area (TPSA) is 29.1 Å². The van der Waals surface area contributed by atoms with Crippen LogP contribution in [-0.4, -0.2) is 5.91 Å². The van der Waals surface area contributed by atoms with Crippen molar-refractivity contribution in [3.63, 3.8) is 0 Å². The van der Waals surface area contributed by atoms with Gasteiger partial charge in [-0.25, -0.2) is 4.39 Å². The smallest absolute Gasteiger partial charge is 0.255 e. The molecule has 18 heavy (non-hydrogen) atoms. The van der Waals surface area contributed by atoms with Crippen molar-refractivity contribution in [1.82, 2.24) is 0 Å². The summed E-state index contributed by atoms with van der Waals surface area (Å²) in [6.07, 6.45) is 0. The molecule has 4 heteroatoms. The summed E-state index contributed by atoms with van der Waals surface area (Å²) in [5.74, 6) is -0.587. The summed E-state index contributed by atoms with van der Waals surface area (Å²) in [7, 11) is 0. The van der Waals surface area contributed by atoms with Gasteiger partial charge in [-0.1, -0.05) is 0 Å². The van der Waals surface area contributed by atoms with Crippen LogP contribution in [-0.2, 0) is 0 Å². The highest BCUT2D eigenvalue weighted by molar-refractivity contribution is 14.1. The Bertz CT molecular complexity index is 581. The van der Waals surface area contributed by atoms with Gasteiger partial charge in [-0.3, -0.25) is 4.79 Å². The maximum absolute atomic E-state index is 12.8. The van der Waals surface area contributed by atoms with Crippen molar-refractivity contribution in [3.8, 4) is 0 Å². The van der Waals surface area contributed by atoms with Crippen molar-refractivity contribution in [3.05, 3.63) is 63.0 Å². The molecule has 0 aromatic heterocycles. The van der Waals surface area contributed by atoms with E-state index in [1.165, 1.54) is 24.3 Å². The van der Waals surface area contributed by atoms with Crippen molar-refractivity contribution in [2.75, 3.05) is 5.32 Å². The number of nitrogens with one attached hydrogen (secondary N) is 1. The molecule has 0 spiro atoms. The summed E-state index contributed by atoms with van der Waals surface area (Å²) in [4.78, 5) is 11.9. The van der Waals surface area contributed by atoms with E-state index in [0.717, 1.165) is 14.8 Å². The first kappa shape index (κ1) is 13.0. The fraction of sp³-hybridized carbons (Fsp3) is 0.0714. The Kier molecular flexibility index (Phi) is 3.96. The van der Waals surface area contributed by atoms with E-state index in [1.807, 2.05) is 25.1 Å². The van der Waals surface area contributed by atoms with E-state index in [0.29, 0.717) is 5.56 Å². The quantitative estimate of drug-likeness (QED) is 0.811. The van der Waals surface area contributed by atoms with E-state index in [-0.39, 0.29) is 11.7 Å². The van der Waals surface area contributed by atoms with E-state index in [2.05, 4.69) is 27.9 Å². The second-order valence-corrected chi connectivity index (χ2v) is 5.17. The summed E-state index contributed by atoms with van der Waals surface area (Å²) in [6.45, 7) is 1.93. The zero-order chi connectivity index (χ0) is 13.1. The molecule has 0 unspecified atom stereocenters. The molecule has 2 aromatic carbocycles. The predicted molar refractivity (Wildman–Crippen MR) is 78.2 cm³/mol. The lowest BCUT2D eigenvalue weighted by molar-refractivity contribution is 0.102. The summed E-state index contributed by atoms with van der Waals surface area (Å²) in [5.41, 5.74) is 2.21. The molecule has 0 saturated carbocycles. The lowest BCUT2D eigenvalue weighted by Gasteiger charge is -2.08. The average Bonchev–Trinajstić information content (AvgIpc) is 2.33. The third kappa shape index (κ3) is 3.07. The molecule has 0 aliphatic carbocycles. The first-order chi connectivity index (χ1) is 8.56. The van der Waals surface area contributed by atoms with Gasteiger partial charge in [0.05, 0.1) is 0 Å². The standard InChI is InChI=1S/C14H11FINO/c1-9-8-12(16)6-7-13(9)17-14(18)10-2-4-11(15)5-3-10/h2-8H,1H3,(H,17,18). The zero-order valence-electron chi connectivity index (χ0n) is 9.71. The fourth-order valence-electron chi connectivity index (χ4n) is 1.56. The lowest BCUT2D eigenvalue weighted by atomic mass is 10.1. The Balaban J connectivity index is 2.18. The Labute approximate surface area is 118 Å². The molecule has 0 atom stereocenters. The number of aryl methyl sites for hydroxylation is 1. The number of carbonyl (C=O) groups is 1. The normalized spacial score (nSPS) is 10.2. The number of halogens is 2. The number of carbonyl (C=O) groups excluding carboxylic acids is 1. The number of benzene rings is 2. The third-order valence-corrected chi connectivity index (χ3v) is 3.21. The van der Waals surface area contributed by atoms with Crippen LogP contribution >= 0.6 is 22.6 Å². The van der Waals surface area contributed by atoms with Crippen LogP contribution in [0.5, 0.6) is 0 Å². The van der Waals surface area contributed by atoms with Crippen LogP contribution in [0.25, 0.3) is 0 Å². The number of hydrogen-bond donors (Lipinski definition) is 1. The highest BCUT2D eigenvalue weighted by Gasteiger charge is 2.07. The van der Waals surface area contributed by atoms with E-state index >= 15 is 0 Å². The van der Waals surface area contributed by atoms with Crippen molar-refractivity contribution in [2.45, 2.75) is 6.92 Å². The van der Waals surface area contributed by atoms with E-state index < -0.39 is 0 Å². The molecule has 2 rings (SSSR count). The molecular weight excluding hydrogens is 344 g/mol. The minimum atomic E-state index is -0.350. The third-order valence-electron chi connectivity index (χ3n) is 2.54. The van der Waals surface area contributed by atoms with Crippen LogP contribution in [0.1, 0.15) is 15.9 Å². The Morgan fingerprint density at radius 1 is 1.17 bits per heavy atom. The van der Waals surface area contributed by atoms with Gasteiger partial charge in [-0.05, 0) is 77.5 Å². The van der Waals surface area contributed by atoms with Crippen LogP contribution < -0.4 is 5.32 Å². The van der Waals surface area contributed by atoms with Gasteiger partial charge >= 0.3 is 0 Å². The lowest BCUT2D eigenvalue weighted by Crippen LogP contribution is -2.12. The molecule has 1 N–H and O–H groups in total. The largest absolute Gasteiger partial charge is 0.322 e. The number of amides is 1. The maximum atomic E-state index is 12.8. The molecule has 2 aromatic rings. The van der Waals surface area contributed by atoms with Gasteiger partial charge < -0.3 is 5.32 Å². The van der Waals surface area contributed by atoms with Crippen LogP contribution in [0.2, 0.25) is 0 Å². The second kappa shape index (κ2) is 5.48. The summed E-state index contributed by atoms with van der Waals surface area (Å²) in [5, 5.41) is 2.81. The van der Waals surface area contributed by atoms with Crippen molar-refractivity contribution in [1.29, 1.82) is 0 Å². The highest BCUT2D eigenvalue weighted by atomic mass is 127. The van der Waals surface area contributed by atoms with Crippen LogP contribution in [0.3, 0.4) is 0 Å². The first-order valence-electron chi connectivity index (χ1n) is 5.39. The van der Waals surface area contributed by atoms with Gasteiger partial charge in [-0.15, -0.1) is 0 Å². The highest BCUT2D eigenvalue weighted by Crippen LogP contribution is 2.18. The molecule has 0 saturated heterocycles. The molecule has 0 radical (unpaired) electrons. The monoisotopic (exact) mass is 355 g/mol. The molecule has 0 bridgehead atoms. The molecular formula is C14H11FINO. The number of hydrogen-bond acceptors (Lipinski definition) is 1. The van der Waals surface area contributed by atoms with Crippen molar-refractivity contribution in [2.24, 2.45) is 0 Å². The molecule has 92 valence electrons. The molecule has 2 nitrogen and oxygen atoms in total. The van der Waals surface area contributed by atoms with Crippen molar-refractivity contribution < 1.29 is 9.18 Å². The van der Waals surface area contributed by atoms with E-state index in [4.69, 9.17) is 0 Å². The number of rotatable bonds is 2. The molecule has 0 heterocycles. The number of anilines is 1. The molecule has 1 amide bonds. The predicted octanol–water partition coefficient (Wildman–Crippen LogP) is 3.99. The maximum Gasteiger partial charge on any atom is 0.255 e. The summed E-state index contributed by atoms with van der Waals surface area (Å²) < 4.78 is 13.9.